The van der Waals surface area contributed by atoms with Crippen LogP contribution in [0.1, 0.15) is 34.1 Å². The van der Waals surface area contributed by atoms with Crippen molar-refractivity contribution in [1.29, 1.82) is 0 Å². The Labute approximate surface area is 73.5 Å². The lowest BCUT2D eigenvalue weighted by Gasteiger charge is -2.18. The number of hydrogen-bond donors (Lipinski definition) is 1. The highest BCUT2D eigenvalue weighted by Gasteiger charge is 2.19. The molecule has 0 fully saturated rings. The Morgan fingerprint density at radius 3 is 2.08 bits per heavy atom. The zero-order valence-corrected chi connectivity index (χ0v) is 8.18. The summed E-state index contributed by atoms with van der Waals surface area (Å²) in [7, 11) is 0. The van der Waals surface area contributed by atoms with E-state index in [1.54, 1.807) is 6.92 Å². The fraction of sp³-hybridized carbons (Fsp3) is 0.778. The Morgan fingerprint density at radius 2 is 1.83 bits per heavy atom. The quantitative estimate of drug-likeness (QED) is 0.689. The molecule has 0 aromatic rings. The van der Waals surface area contributed by atoms with E-state index >= 15 is 0 Å². The van der Waals surface area contributed by atoms with Crippen molar-refractivity contribution in [2.75, 3.05) is 0 Å². The molecule has 0 aromatic heterocycles. The van der Waals surface area contributed by atoms with Gasteiger partial charge >= 0.3 is 0 Å². The molecule has 0 bridgehead atoms. The molecule has 0 aromatic carbocycles. The van der Waals surface area contributed by atoms with Crippen LogP contribution >= 0.6 is 0 Å². The van der Waals surface area contributed by atoms with Crippen LogP contribution in [0.15, 0.2) is 0 Å². The van der Waals surface area contributed by atoms with E-state index in [0.717, 1.165) is 0 Å². The number of carbonyl (C=O) groups excluding carboxylic acids is 2. The Kier molecular flexibility index (Phi) is 4.55. The van der Waals surface area contributed by atoms with E-state index in [9.17, 15) is 9.59 Å². The Bertz CT molecular complexity index is 175. The summed E-state index contributed by atoms with van der Waals surface area (Å²) in [6.45, 7) is 7.11. The van der Waals surface area contributed by atoms with Gasteiger partial charge in [0.15, 0.2) is 5.78 Å². The summed E-state index contributed by atoms with van der Waals surface area (Å²) in [4.78, 5) is 22.0. The first kappa shape index (κ1) is 11.1. The largest absolute Gasteiger partial charge is 0.346 e. The van der Waals surface area contributed by atoms with E-state index in [1.165, 1.54) is 6.92 Å². The summed E-state index contributed by atoms with van der Waals surface area (Å²) < 4.78 is 0. The lowest BCUT2D eigenvalue weighted by molar-refractivity contribution is -0.127. The standard InChI is InChI=1S/C9H17NO2/c1-5-8(12)10-9(6(2)3)7(4)11/h6,9H,5H2,1-4H3,(H,10,12)/t9-/m1/s1. The van der Waals surface area contributed by atoms with Crippen LogP contribution in [0.3, 0.4) is 0 Å². The Morgan fingerprint density at radius 1 is 1.33 bits per heavy atom. The van der Waals surface area contributed by atoms with Gasteiger partial charge in [-0.15, -0.1) is 0 Å². The maximum atomic E-state index is 11.0. The summed E-state index contributed by atoms with van der Waals surface area (Å²) >= 11 is 0. The number of ketones is 1. The second-order valence-corrected chi connectivity index (χ2v) is 3.25. The number of carbonyl (C=O) groups is 2. The number of nitrogens with one attached hydrogen (secondary N) is 1. The summed E-state index contributed by atoms with van der Waals surface area (Å²) in [5.74, 6) is 0.119. The molecule has 0 aliphatic carbocycles. The first-order valence-corrected chi connectivity index (χ1v) is 4.28. The first-order chi connectivity index (χ1) is 5.49. The number of amides is 1. The van der Waals surface area contributed by atoms with Crippen molar-refractivity contribution in [1.82, 2.24) is 5.32 Å². The maximum absolute atomic E-state index is 11.0. The van der Waals surface area contributed by atoms with Crippen molar-refractivity contribution in [3.63, 3.8) is 0 Å². The molecular weight excluding hydrogens is 154 g/mol. The molecule has 0 rings (SSSR count). The minimum Gasteiger partial charge on any atom is -0.346 e. The smallest absolute Gasteiger partial charge is 0.220 e. The second kappa shape index (κ2) is 4.91. The minimum atomic E-state index is -0.322. The number of rotatable bonds is 4. The first-order valence-electron chi connectivity index (χ1n) is 4.28. The van der Waals surface area contributed by atoms with E-state index in [4.69, 9.17) is 0 Å². The summed E-state index contributed by atoms with van der Waals surface area (Å²) in [6.07, 6.45) is 0.427. The van der Waals surface area contributed by atoms with Gasteiger partial charge in [-0.25, -0.2) is 0 Å². The summed E-state index contributed by atoms with van der Waals surface area (Å²) in [5, 5.41) is 2.68. The predicted octanol–water partition coefficient (Wildman–Crippen LogP) is 1.13. The average Bonchev–Trinajstić information content (AvgIpc) is 1.98. The van der Waals surface area contributed by atoms with E-state index in [2.05, 4.69) is 5.32 Å². The Balaban J connectivity index is 4.14. The molecule has 0 radical (unpaired) electrons. The topological polar surface area (TPSA) is 46.2 Å². The van der Waals surface area contributed by atoms with Crippen LogP contribution in [0.5, 0.6) is 0 Å². The molecule has 0 aliphatic rings. The van der Waals surface area contributed by atoms with Crippen molar-refractivity contribution in [3.8, 4) is 0 Å². The van der Waals surface area contributed by atoms with E-state index < -0.39 is 0 Å². The maximum Gasteiger partial charge on any atom is 0.220 e. The average molecular weight is 171 g/mol. The SMILES string of the molecule is CCC(=O)N[C@@H](C(C)=O)C(C)C. The molecule has 3 heteroatoms. The lowest BCUT2D eigenvalue weighted by atomic mass is 10.0. The third kappa shape index (κ3) is 3.51. The van der Waals surface area contributed by atoms with Gasteiger partial charge in [-0.1, -0.05) is 20.8 Å². The van der Waals surface area contributed by atoms with Gasteiger partial charge in [0, 0.05) is 6.42 Å². The molecule has 1 N–H and O–H groups in total. The number of Topliss-reactive ketones (excluding diaryl/α,β-unsaturated/α-hetero) is 1. The summed E-state index contributed by atoms with van der Waals surface area (Å²) in [6, 6.07) is -0.322. The third-order valence-corrected chi connectivity index (χ3v) is 1.74. The third-order valence-electron chi connectivity index (χ3n) is 1.74. The van der Waals surface area contributed by atoms with Crippen LogP contribution in [0.2, 0.25) is 0 Å². The molecule has 0 saturated heterocycles. The predicted molar refractivity (Wildman–Crippen MR) is 47.7 cm³/mol. The van der Waals surface area contributed by atoms with Gasteiger partial charge in [-0.2, -0.15) is 0 Å². The molecule has 0 heterocycles. The van der Waals surface area contributed by atoms with Crippen LogP contribution in [-0.2, 0) is 9.59 Å². The van der Waals surface area contributed by atoms with E-state index in [0.29, 0.717) is 6.42 Å². The molecule has 3 nitrogen and oxygen atoms in total. The molecule has 0 unspecified atom stereocenters. The van der Waals surface area contributed by atoms with Gasteiger partial charge in [0.1, 0.15) is 0 Å². The van der Waals surface area contributed by atoms with E-state index in [1.807, 2.05) is 13.8 Å². The molecule has 1 amide bonds. The highest BCUT2D eigenvalue weighted by molar-refractivity contribution is 5.87. The van der Waals surface area contributed by atoms with Gasteiger partial charge in [0.05, 0.1) is 6.04 Å². The zero-order valence-electron chi connectivity index (χ0n) is 8.18. The zero-order chi connectivity index (χ0) is 9.72. The lowest BCUT2D eigenvalue weighted by Crippen LogP contribution is -2.43. The minimum absolute atomic E-state index is 0.0202. The van der Waals surface area contributed by atoms with Crippen molar-refractivity contribution in [2.45, 2.75) is 40.2 Å². The molecule has 12 heavy (non-hydrogen) atoms. The molecule has 0 saturated carbocycles. The summed E-state index contributed by atoms with van der Waals surface area (Å²) in [5.41, 5.74) is 0. The molecule has 0 aliphatic heterocycles. The van der Waals surface area contributed by atoms with Crippen molar-refractivity contribution in [2.24, 2.45) is 5.92 Å². The molecule has 0 spiro atoms. The normalized spacial score (nSPS) is 12.8. The molecule has 1 atom stereocenters. The van der Waals surface area contributed by atoms with E-state index in [-0.39, 0.29) is 23.7 Å². The van der Waals surface area contributed by atoms with Gasteiger partial charge in [0.2, 0.25) is 5.91 Å². The van der Waals surface area contributed by atoms with Crippen molar-refractivity contribution < 1.29 is 9.59 Å². The molecular formula is C9H17NO2. The van der Waals surface area contributed by atoms with Crippen LogP contribution in [0.25, 0.3) is 0 Å². The van der Waals surface area contributed by atoms with Gasteiger partial charge in [-0.05, 0) is 12.8 Å². The fourth-order valence-electron chi connectivity index (χ4n) is 1.01. The fourth-order valence-corrected chi connectivity index (χ4v) is 1.01. The van der Waals surface area contributed by atoms with Crippen LogP contribution < -0.4 is 5.32 Å². The molecule has 70 valence electrons. The highest BCUT2D eigenvalue weighted by Crippen LogP contribution is 2.02. The Hall–Kier alpha value is -0.860. The van der Waals surface area contributed by atoms with Crippen molar-refractivity contribution >= 4 is 11.7 Å². The number of hydrogen-bond acceptors (Lipinski definition) is 2. The van der Waals surface area contributed by atoms with Gasteiger partial charge < -0.3 is 5.32 Å². The van der Waals surface area contributed by atoms with Crippen LogP contribution in [0, 0.1) is 5.92 Å². The van der Waals surface area contributed by atoms with Crippen LogP contribution in [0.4, 0.5) is 0 Å². The van der Waals surface area contributed by atoms with Crippen molar-refractivity contribution in [3.05, 3.63) is 0 Å². The highest BCUT2D eigenvalue weighted by atomic mass is 16.2. The second-order valence-electron chi connectivity index (χ2n) is 3.25. The van der Waals surface area contributed by atoms with Gasteiger partial charge in [-0.3, -0.25) is 9.59 Å². The van der Waals surface area contributed by atoms with Gasteiger partial charge in [0.25, 0.3) is 0 Å². The monoisotopic (exact) mass is 171 g/mol. The van der Waals surface area contributed by atoms with Crippen LogP contribution in [-0.4, -0.2) is 17.7 Å².